The van der Waals surface area contributed by atoms with Gasteiger partial charge in [-0.15, -0.1) is 0 Å². The van der Waals surface area contributed by atoms with Crippen molar-refractivity contribution in [3.8, 4) is 0 Å². The van der Waals surface area contributed by atoms with Crippen molar-refractivity contribution < 1.29 is 19.1 Å². The molecule has 24 heavy (non-hydrogen) atoms. The van der Waals surface area contributed by atoms with Crippen LogP contribution in [-0.4, -0.2) is 36.2 Å². The molecule has 3 aliphatic heterocycles. The van der Waals surface area contributed by atoms with E-state index in [9.17, 15) is 9.59 Å². The fraction of sp³-hybridized carbons (Fsp3) is 0.444. The Balaban J connectivity index is 1.69. The topological polar surface area (TPSA) is 55.8 Å². The molecule has 3 heterocycles. The second-order valence-electron chi connectivity index (χ2n) is 6.76. The summed E-state index contributed by atoms with van der Waals surface area (Å²) in [7, 11) is 0. The number of fused-ring (bicyclic) bond motifs is 1. The van der Waals surface area contributed by atoms with Crippen molar-refractivity contribution in [1.29, 1.82) is 0 Å². The number of hydrogen-bond donors (Lipinski definition) is 0. The quantitative estimate of drug-likeness (QED) is 0.587. The molecular weight excluding hydrogens is 374 g/mol. The lowest BCUT2D eigenvalue weighted by atomic mass is 9.77. The predicted octanol–water partition coefficient (Wildman–Crippen LogP) is 2.69. The van der Waals surface area contributed by atoms with Crippen molar-refractivity contribution >= 4 is 33.5 Å². The Bertz CT molecular complexity index is 746. The number of para-hydroxylation sites is 1. The molecule has 4 atom stereocenters. The number of halogens is 1. The summed E-state index contributed by atoms with van der Waals surface area (Å²) in [4.78, 5) is 27.3. The van der Waals surface area contributed by atoms with Gasteiger partial charge in [0.05, 0.1) is 30.4 Å². The van der Waals surface area contributed by atoms with Gasteiger partial charge in [-0.2, -0.15) is 0 Å². The molecule has 0 saturated carbocycles. The first-order valence-electron chi connectivity index (χ1n) is 8.06. The van der Waals surface area contributed by atoms with Crippen LogP contribution in [0.1, 0.15) is 13.8 Å². The number of ether oxygens (including phenoxy) is 2. The molecule has 0 N–H and O–H groups in total. The fourth-order valence-corrected chi connectivity index (χ4v) is 4.45. The average molecular weight is 392 g/mol. The van der Waals surface area contributed by atoms with E-state index in [1.807, 2.05) is 36.4 Å². The normalized spacial score (nSPS) is 33.4. The van der Waals surface area contributed by atoms with Gasteiger partial charge in [0.15, 0.2) is 0 Å². The summed E-state index contributed by atoms with van der Waals surface area (Å²) in [6, 6.07) is 7.57. The van der Waals surface area contributed by atoms with Crippen LogP contribution < -0.4 is 4.90 Å². The molecule has 2 fully saturated rings. The minimum atomic E-state index is -0.725. The lowest BCUT2D eigenvalue weighted by Crippen LogP contribution is -2.40. The van der Waals surface area contributed by atoms with E-state index in [0.717, 1.165) is 10.2 Å². The Labute approximate surface area is 148 Å². The fourth-order valence-electron chi connectivity index (χ4n) is 3.95. The Hall–Kier alpha value is -1.66. The van der Waals surface area contributed by atoms with Crippen molar-refractivity contribution in [3.63, 3.8) is 0 Å². The van der Waals surface area contributed by atoms with E-state index in [-0.39, 0.29) is 24.1 Å². The zero-order chi connectivity index (χ0) is 17.1. The maximum absolute atomic E-state index is 13.1. The summed E-state index contributed by atoms with van der Waals surface area (Å²) in [5.41, 5.74) is 0.0697. The van der Waals surface area contributed by atoms with Crippen LogP contribution in [0.3, 0.4) is 0 Å². The number of amides is 1. The number of esters is 1. The molecule has 1 aromatic carbocycles. The summed E-state index contributed by atoms with van der Waals surface area (Å²) in [6.45, 7) is 4.03. The first kappa shape index (κ1) is 15.8. The molecule has 1 spiro atoms. The van der Waals surface area contributed by atoms with Crippen molar-refractivity contribution in [2.24, 2.45) is 11.8 Å². The van der Waals surface area contributed by atoms with E-state index < -0.39 is 17.4 Å². The van der Waals surface area contributed by atoms with Gasteiger partial charge in [-0.3, -0.25) is 9.59 Å². The molecule has 2 bridgehead atoms. The summed E-state index contributed by atoms with van der Waals surface area (Å²) in [5.74, 6) is -1.53. The summed E-state index contributed by atoms with van der Waals surface area (Å²) in [6.07, 6.45) is 3.24. The third kappa shape index (κ3) is 2.16. The van der Waals surface area contributed by atoms with Crippen LogP contribution in [0, 0.1) is 11.8 Å². The van der Waals surface area contributed by atoms with Crippen molar-refractivity contribution in [3.05, 3.63) is 40.9 Å². The van der Waals surface area contributed by atoms with Crippen molar-refractivity contribution in [2.45, 2.75) is 31.7 Å². The number of anilines is 1. The Morgan fingerprint density at radius 1 is 1.42 bits per heavy atom. The minimum Gasteiger partial charge on any atom is -0.463 e. The van der Waals surface area contributed by atoms with Gasteiger partial charge in [0.2, 0.25) is 5.91 Å². The molecule has 126 valence electrons. The number of nitrogens with zero attached hydrogens (tertiary/aromatic N) is 1. The molecule has 4 rings (SSSR count). The Kier molecular flexibility index (Phi) is 3.58. The van der Waals surface area contributed by atoms with Gasteiger partial charge in [-0.25, -0.2) is 0 Å². The molecular formula is C18H18BrNO4. The van der Waals surface area contributed by atoms with Crippen LogP contribution in [0.2, 0.25) is 0 Å². The summed E-state index contributed by atoms with van der Waals surface area (Å²) < 4.78 is 12.3. The monoisotopic (exact) mass is 391 g/mol. The number of benzene rings is 1. The van der Waals surface area contributed by atoms with E-state index in [1.165, 1.54) is 0 Å². The van der Waals surface area contributed by atoms with Crippen molar-refractivity contribution in [1.82, 2.24) is 0 Å². The van der Waals surface area contributed by atoms with Gasteiger partial charge >= 0.3 is 5.97 Å². The summed E-state index contributed by atoms with van der Waals surface area (Å²) in [5, 5.41) is 0. The van der Waals surface area contributed by atoms with Gasteiger partial charge in [0.1, 0.15) is 11.5 Å². The number of carbonyl (C=O) groups is 2. The predicted molar refractivity (Wildman–Crippen MR) is 91.4 cm³/mol. The van der Waals surface area contributed by atoms with E-state index in [2.05, 4.69) is 15.9 Å². The Morgan fingerprint density at radius 3 is 2.88 bits per heavy atom. The minimum absolute atomic E-state index is 0.0838. The molecule has 2 saturated heterocycles. The van der Waals surface area contributed by atoms with Crippen LogP contribution in [0.5, 0.6) is 0 Å². The lowest BCUT2D eigenvalue weighted by molar-refractivity contribution is -0.156. The number of carbonyl (C=O) groups excluding carboxylic acids is 2. The van der Waals surface area contributed by atoms with E-state index in [4.69, 9.17) is 9.47 Å². The van der Waals surface area contributed by atoms with Crippen molar-refractivity contribution in [2.75, 3.05) is 11.4 Å². The van der Waals surface area contributed by atoms with Crippen LogP contribution >= 0.6 is 15.9 Å². The van der Waals surface area contributed by atoms with Gasteiger partial charge in [-0.05, 0) is 41.9 Å². The zero-order valence-corrected chi connectivity index (χ0v) is 15.0. The SMILES string of the molecule is CC(C)OC(=O)[C@H]1[C@H]2C(=O)N(c3ccccc3Br)C[C@@]23C=C[C@H]1O3. The first-order chi connectivity index (χ1) is 11.4. The molecule has 1 aromatic rings. The molecule has 5 nitrogen and oxygen atoms in total. The third-order valence-corrected chi connectivity index (χ3v) is 5.54. The largest absolute Gasteiger partial charge is 0.463 e. The van der Waals surface area contributed by atoms with E-state index in [1.54, 1.807) is 18.7 Å². The maximum Gasteiger partial charge on any atom is 0.313 e. The zero-order valence-electron chi connectivity index (χ0n) is 13.4. The maximum atomic E-state index is 13.1. The molecule has 0 aliphatic carbocycles. The highest BCUT2D eigenvalue weighted by Crippen LogP contribution is 2.53. The van der Waals surface area contributed by atoms with Gasteiger partial charge < -0.3 is 14.4 Å². The van der Waals surface area contributed by atoms with Crippen LogP contribution in [0.4, 0.5) is 5.69 Å². The van der Waals surface area contributed by atoms with Crippen LogP contribution in [0.25, 0.3) is 0 Å². The third-order valence-electron chi connectivity index (χ3n) is 4.87. The van der Waals surface area contributed by atoms with Crippen LogP contribution in [0.15, 0.2) is 40.9 Å². The second kappa shape index (κ2) is 5.43. The first-order valence-corrected chi connectivity index (χ1v) is 8.86. The van der Waals surface area contributed by atoms with E-state index in [0.29, 0.717) is 6.54 Å². The van der Waals surface area contributed by atoms with Gasteiger partial charge in [0.25, 0.3) is 0 Å². The van der Waals surface area contributed by atoms with Crippen LogP contribution in [-0.2, 0) is 19.1 Å². The highest BCUT2D eigenvalue weighted by molar-refractivity contribution is 9.10. The Morgan fingerprint density at radius 2 is 2.17 bits per heavy atom. The molecule has 1 amide bonds. The molecule has 0 unspecified atom stereocenters. The second-order valence-corrected chi connectivity index (χ2v) is 7.62. The highest BCUT2D eigenvalue weighted by atomic mass is 79.9. The lowest BCUT2D eigenvalue weighted by Gasteiger charge is -2.23. The highest BCUT2D eigenvalue weighted by Gasteiger charge is 2.67. The number of rotatable bonds is 3. The molecule has 0 radical (unpaired) electrons. The average Bonchev–Trinajstić information content (AvgIpc) is 3.15. The molecule has 0 aromatic heterocycles. The number of hydrogen-bond acceptors (Lipinski definition) is 4. The standard InChI is InChI=1S/C18H18BrNO4/c1-10(2)23-17(22)14-13-7-8-18(24-13)9-20(16(21)15(14)18)12-6-4-3-5-11(12)19/h3-8,10,13-15H,9H2,1-2H3/t13-,14-,15+,18+/m1/s1. The van der Waals surface area contributed by atoms with E-state index >= 15 is 0 Å². The smallest absolute Gasteiger partial charge is 0.313 e. The van der Waals surface area contributed by atoms with Gasteiger partial charge in [0, 0.05) is 4.47 Å². The molecule has 6 heteroatoms. The molecule has 3 aliphatic rings. The van der Waals surface area contributed by atoms with Gasteiger partial charge in [-0.1, -0.05) is 24.3 Å². The summed E-state index contributed by atoms with van der Waals surface area (Å²) >= 11 is 3.50.